The van der Waals surface area contributed by atoms with Gasteiger partial charge in [-0.2, -0.15) is 0 Å². The maximum Gasteiger partial charge on any atom is 0.251 e. The Kier molecular flexibility index (Phi) is 7.24. The van der Waals surface area contributed by atoms with Gasteiger partial charge in [0.15, 0.2) is 11.5 Å². The molecule has 3 aromatic rings. The van der Waals surface area contributed by atoms with Gasteiger partial charge in [-0.15, -0.1) is 0 Å². The standard InChI is InChI=1S/C21H21ClN4O3/c1-28-17-8-4-5-9-18(17)29-14-15-6-2-3-7-16(15)21(27)25-11-10-24-20-13-23-12-19(22)26-20/h2-9,12-13H,10-11,14H2,1H3,(H,24,26)(H,25,27). The van der Waals surface area contributed by atoms with E-state index in [-0.39, 0.29) is 12.5 Å². The highest BCUT2D eigenvalue weighted by atomic mass is 35.5. The molecule has 29 heavy (non-hydrogen) atoms. The Bertz CT molecular complexity index is 968. The van der Waals surface area contributed by atoms with E-state index in [1.807, 2.05) is 42.5 Å². The van der Waals surface area contributed by atoms with Crippen molar-refractivity contribution in [3.63, 3.8) is 0 Å². The lowest BCUT2D eigenvalue weighted by molar-refractivity contribution is 0.0952. The first-order chi connectivity index (χ1) is 14.2. The number of hydrogen-bond acceptors (Lipinski definition) is 6. The van der Waals surface area contributed by atoms with Gasteiger partial charge in [-0.25, -0.2) is 4.98 Å². The minimum Gasteiger partial charge on any atom is -0.493 e. The molecule has 0 aliphatic carbocycles. The van der Waals surface area contributed by atoms with Crippen LogP contribution >= 0.6 is 11.6 Å². The first-order valence-corrected chi connectivity index (χ1v) is 9.38. The zero-order valence-electron chi connectivity index (χ0n) is 15.9. The Balaban J connectivity index is 1.55. The van der Waals surface area contributed by atoms with Gasteiger partial charge in [0, 0.05) is 24.2 Å². The number of carbonyl (C=O) groups is 1. The van der Waals surface area contributed by atoms with Gasteiger partial charge in [-0.05, 0) is 18.2 Å². The molecule has 0 aliphatic heterocycles. The third kappa shape index (κ3) is 5.83. The van der Waals surface area contributed by atoms with E-state index in [2.05, 4.69) is 20.6 Å². The molecule has 0 radical (unpaired) electrons. The Morgan fingerprint density at radius 1 is 1.03 bits per heavy atom. The van der Waals surface area contributed by atoms with Gasteiger partial charge in [0.2, 0.25) is 0 Å². The normalized spacial score (nSPS) is 10.3. The van der Waals surface area contributed by atoms with E-state index in [9.17, 15) is 4.79 Å². The molecule has 2 N–H and O–H groups in total. The molecule has 1 aromatic heterocycles. The first kappa shape index (κ1) is 20.4. The van der Waals surface area contributed by atoms with Crippen LogP contribution in [0.3, 0.4) is 0 Å². The van der Waals surface area contributed by atoms with Gasteiger partial charge < -0.3 is 20.1 Å². The molecule has 0 saturated carbocycles. The molecule has 3 rings (SSSR count). The summed E-state index contributed by atoms with van der Waals surface area (Å²) < 4.78 is 11.1. The van der Waals surface area contributed by atoms with E-state index in [0.29, 0.717) is 41.1 Å². The third-order valence-electron chi connectivity index (χ3n) is 4.04. The van der Waals surface area contributed by atoms with Crippen LogP contribution in [0.15, 0.2) is 60.9 Å². The van der Waals surface area contributed by atoms with E-state index in [1.54, 1.807) is 19.4 Å². The number of para-hydroxylation sites is 2. The lowest BCUT2D eigenvalue weighted by Gasteiger charge is -2.13. The second-order valence-electron chi connectivity index (χ2n) is 6.01. The second kappa shape index (κ2) is 10.3. The molecule has 7 nitrogen and oxygen atoms in total. The molecule has 8 heteroatoms. The summed E-state index contributed by atoms with van der Waals surface area (Å²) in [5, 5.41) is 6.25. The van der Waals surface area contributed by atoms with Crippen molar-refractivity contribution in [1.82, 2.24) is 15.3 Å². The molecule has 0 unspecified atom stereocenters. The molecule has 0 aliphatic rings. The summed E-state index contributed by atoms with van der Waals surface area (Å²) in [4.78, 5) is 20.6. The number of benzene rings is 2. The number of hydrogen-bond donors (Lipinski definition) is 2. The highest BCUT2D eigenvalue weighted by molar-refractivity contribution is 6.29. The zero-order chi connectivity index (χ0) is 20.5. The van der Waals surface area contributed by atoms with E-state index >= 15 is 0 Å². The molecule has 0 fully saturated rings. The van der Waals surface area contributed by atoms with Crippen molar-refractivity contribution < 1.29 is 14.3 Å². The topological polar surface area (TPSA) is 85.4 Å². The number of aromatic nitrogens is 2. The van der Waals surface area contributed by atoms with Crippen LogP contribution in [-0.4, -0.2) is 36.1 Å². The maximum atomic E-state index is 12.6. The van der Waals surface area contributed by atoms with Crippen molar-refractivity contribution >= 4 is 23.3 Å². The number of nitrogens with one attached hydrogen (secondary N) is 2. The fourth-order valence-electron chi connectivity index (χ4n) is 2.65. The SMILES string of the molecule is COc1ccccc1OCc1ccccc1C(=O)NCCNc1cncc(Cl)n1. The van der Waals surface area contributed by atoms with Crippen LogP contribution in [0.5, 0.6) is 11.5 Å². The van der Waals surface area contributed by atoms with E-state index in [4.69, 9.17) is 21.1 Å². The summed E-state index contributed by atoms with van der Waals surface area (Å²) in [7, 11) is 1.59. The van der Waals surface area contributed by atoms with E-state index in [0.717, 1.165) is 5.56 Å². The number of anilines is 1. The van der Waals surface area contributed by atoms with Crippen molar-refractivity contribution in [3.8, 4) is 11.5 Å². The van der Waals surface area contributed by atoms with Crippen molar-refractivity contribution in [1.29, 1.82) is 0 Å². The highest BCUT2D eigenvalue weighted by Crippen LogP contribution is 2.27. The fourth-order valence-corrected chi connectivity index (χ4v) is 2.80. The number of methoxy groups -OCH3 is 1. The van der Waals surface area contributed by atoms with Crippen LogP contribution in [0.2, 0.25) is 5.15 Å². The fraction of sp³-hybridized carbons (Fsp3) is 0.190. The first-order valence-electron chi connectivity index (χ1n) is 9.00. The van der Waals surface area contributed by atoms with Crippen molar-refractivity contribution in [2.75, 3.05) is 25.5 Å². The zero-order valence-corrected chi connectivity index (χ0v) is 16.6. The van der Waals surface area contributed by atoms with Crippen LogP contribution in [-0.2, 0) is 6.61 Å². The number of halogens is 1. The highest BCUT2D eigenvalue weighted by Gasteiger charge is 2.12. The minimum absolute atomic E-state index is 0.178. The molecule has 2 aromatic carbocycles. The Morgan fingerprint density at radius 3 is 2.59 bits per heavy atom. The van der Waals surface area contributed by atoms with E-state index < -0.39 is 0 Å². The van der Waals surface area contributed by atoms with Gasteiger partial charge >= 0.3 is 0 Å². The van der Waals surface area contributed by atoms with Gasteiger partial charge in [0.25, 0.3) is 5.91 Å². The van der Waals surface area contributed by atoms with E-state index in [1.165, 1.54) is 6.20 Å². The van der Waals surface area contributed by atoms with Crippen LogP contribution in [0.25, 0.3) is 0 Å². The Morgan fingerprint density at radius 2 is 1.79 bits per heavy atom. The molecule has 150 valence electrons. The summed E-state index contributed by atoms with van der Waals surface area (Å²) in [5.74, 6) is 1.64. The van der Waals surface area contributed by atoms with Gasteiger partial charge in [-0.1, -0.05) is 41.9 Å². The number of nitrogens with zero attached hydrogens (tertiary/aromatic N) is 2. The second-order valence-corrected chi connectivity index (χ2v) is 6.39. The number of carbonyl (C=O) groups excluding carboxylic acids is 1. The average molecular weight is 413 g/mol. The summed E-state index contributed by atoms with van der Waals surface area (Å²) in [5.41, 5.74) is 1.34. The van der Waals surface area contributed by atoms with Crippen LogP contribution in [0, 0.1) is 0 Å². The smallest absolute Gasteiger partial charge is 0.251 e. The Hall–Kier alpha value is -3.32. The summed E-state index contributed by atoms with van der Waals surface area (Å²) in [6.07, 6.45) is 3.02. The van der Waals surface area contributed by atoms with Crippen LogP contribution in [0.1, 0.15) is 15.9 Å². The Labute approximate surface area is 174 Å². The van der Waals surface area contributed by atoms with Crippen LogP contribution in [0.4, 0.5) is 5.82 Å². The minimum atomic E-state index is -0.178. The summed E-state index contributed by atoms with van der Waals surface area (Å²) in [6.45, 7) is 1.15. The molecule has 0 atom stereocenters. The van der Waals surface area contributed by atoms with Crippen molar-refractivity contribution in [2.45, 2.75) is 6.61 Å². The molecule has 0 spiro atoms. The lowest BCUT2D eigenvalue weighted by atomic mass is 10.1. The third-order valence-corrected chi connectivity index (χ3v) is 4.22. The predicted molar refractivity (Wildman–Crippen MR) is 112 cm³/mol. The monoisotopic (exact) mass is 412 g/mol. The molecular weight excluding hydrogens is 392 g/mol. The van der Waals surface area contributed by atoms with Gasteiger partial charge in [-0.3, -0.25) is 9.78 Å². The molecular formula is C21H21ClN4O3. The van der Waals surface area contributed by atoms with Crippen LogP contribution < -0.4 is 20.1 Å². The molecule has 0 bridgehead atoms. The largest absolute Gasteiger partial charge is 0.493 e. The maximum absolute atomic E-state index is 12.6. The van der Waals surface area contributed by atoms with Gasteiger partial charge in [0.1, 0.15) is 17.6 Å². The molecule has 1 heterocycles. The quantitative estimate of drug-likeness (QED) is 0.523. The van der Waals surface area contributed by atoms with Gasteiger partial charge in [0.05, 0.1) is 19.5 Å². The molecule has 0 saturated heterocycles. The van der Waals surface area contributed by atoms with Crippen molar-refractivity contribution in [2.24, 2.45) is 0 Å². The average Bonchev–Trinajstić information content (AvgIpc) is 2.75. The number of rotatable bonds is 9. The number of amides is 1. The molecule has 1 amide bonds. The summed E-state index contributed by atoms with van der Waals surface area (Å²) in [6, 6.07) is 14.7. The lowest BCUT2D eigenvalue weighted by Crippen LogP contribution is -2.29. The van der Waals surface area contributed by atoms with Crippen molar-refractivity contribution in [3.05, 3.63) is 77.2 Å². The predicted octanol–water partition coefficient (Wildman–Crippen LogP) is 3.56. The summed E-state index contributed by atoms with van der Waals surface area (Å²) >= 11 is 5.80. The number of ether oxygens (including phenoxy) is 2.